The van der Waals surface area contributed by atoms with Crippen LogP contribution in [0.4, 0.5) is 5.69 Å². The van der Waals surface area contributed by atoms with E-state index in [1.807, 2.05) is 28.8 Å². The minimum Gasteiger partial charge on any atom is -0.399 e. The first kappa shape index (κ1) is 15.2. The van der Waals surface area contributed by atoms with E-state index in [0.717, 1.165) is 37.4 Å². The topological polar surface area (TPSA) is 46.3 Å². The van der Waals surface area contributed by atoms with Crippen molar-refractivity contribution in [2.45, 2.75) is 43.9 Å². The largest absolute Gasteiger partial charge is 0.399 e. The van der Waals surface area contributed by atoms with E-state index >= 15 is 0 Å². The number of nitrogens with zero attached hydrogens (tertiary/aromatic N) is 1. The first-order chi connectivity index (χ1) is 9.65. The van der Waals surface area contributed by atoms with Crippen LogP contribution in [0.1, 0.15) is 44.6 Å². The standard InChI is InChI=1S/C16H24N2OS/c1-3-7-18(8-4-2)16(19)9-12-11-20-15-6-5-13(17)10-14(12)15/h5-6,10,12H,3-4,7-9,11,17H2,1-2H3. The fourth-order valence-corrected chi connectivity index (χ4v) is 3.94. The Kier molecular flexibility index (Phi) is 5.35. The number of carbonyl (C=O) groups excluding carboxylic acids is 1. The fourth-order valence-electron chi connectivity index (χ4n) is 2.71. The number of hydrogen-bond donors (Lipinski definition) is 1. The average molecular weight is 292 g/mol. The average Bonchev–Trinajstić information content (AvgIpc) is 2.81. The molecule has 1 atom stereocenters. The maximum atomic E-state index is 12.5. The molecule has 0 aliphatic carbocycles. The molecule has 4 heteroatoms. The highest BCUT2D eigenvalue weighted by molar-refractivity contribution is 7.99. The number of hydrogen-bond acceptors (Lipinski definition) is 3. The molecular formula is C16H24N2OS. The number of benzene rings is 1. The lowest BCUT2D eigenvalue weighted by Crippen LogP contribution is -2.33. The third kappa shape index (κ3) is 3.48. The van der Waals surface area contributed by atoms with Gasteiger partial charge in [0.15, 0.2) is 0 Å². The third-order valence-electron chi connectivity index (χ3n) is 3.67. The van der Waals surface area contributed by atoms with Crippen molar-refractivity contribution in [1.29, 1.82) is 0 Å². The zero-order valence-electron chi connectivity index (χ0n) is 12.4. The van der Waals surface area contributed by atoms with Gasteiger partial charge in [0, 0.05) is 41.8 Å². The van der Waals surface area contributed by atoms with Gasteiger partial charge in [0.2, 0.25) is 5.91 Å². The second-order valence-corrected chi connectivity index (χ2v) is 6.45. The SMILES string of the molecule is CCCN(CCC)C(=O)CC1CSc2ccc(N)cc21. The van der Waals surface area contributed by atoms with Crippen molar-refractivity contribution in [2.75, 3.05) is 24.6 Å². The molecule has 2 rings (SSSR count). The van der Waals surface area contributed by atoms with Gasteiger partial charge >= 0.3 is 0 Å². The maximum Gasteiger partial charge on any atom is 0.223 e. The summed E-state index contributed by atoms with van der Waals surface area (Å²) < 4.78 is 0. The molecule has 1 amide bonds. The molecule has 1 aromatic carbocycles. The van der Waals surface area contributed by atoms with E-state index in [0.29, 0.717) is 12.3 Å². The van der Waals surface area contributed by atoms with Crippen LogP contribution in [0.2, 0.25) is 0 Å². The van der Waals surface area contributed by atoms with Crippen LogP contribution in [-0.2, 0) is 4.79 Å². The molecule has 0 bridgehead atoms. The van der Waals surface area contributed by atoms with Crippen molar-refractivity contribution in [3.63, 3.8) is 0 Å². The van der Waals surface area contributed by atoms with E-state index < -0.39 is 0 Å². The van der Waals surface area contributed by atoms with E-state index in [-0.39, 0.29) is 5.91 Å². The lowest BCUT2D eigenvalue weighted by Gasteiger charge is -2.23. The number of thioether (sulfide) groups is 1. The Labute approximate surface area is 125 Å². The van der Waals surface area contributed by atoms with Crippen LogP contribution in [0.3, 0.4) is 0 Å². The van der Waals surface area contributed by atoms with Gasteiger partial charge in [-0.25, -0.2) is 0 Å². The van der Waals surface area contributed by atoms with Gasteiger partial charge in [0.25, 0.3) is 0 Å². The number of fused-ring (bicyclic) bond motifs is 1. The summed E-state index contributed by atoms with van der Waals surface area (Å²) in [7, 11) is 0. The summed E-state index contributed by atoms with van der Waals surface area (Å²) in [5, 5.41) is 0. The zero-order chi connectivity index (χ0) is 14.5. The maximum absolute atomic E-state index is 12.5. The molecular weight excluding hydrogens is 268 g/mol. The van der Waals surface area contributed by atoms with Gasteiger partial charge < -0.3 is 10.6 Å². The van der Waals surface area contributed by atoms with Gasteiger partial charge in [0.1, 0.15) is 0 Å². The summed E-state index contributed by atoms with van der Waals surface area (Å²) in [5.41, 5.74) is 7.93. The summed E-state index contributed by atoms with van der Waals surface area (Å²) in [4.78, 5) is 15.8. The highest BCUT2D eigenvalue weighted by atomic mass is 32.2. The van der Waals surface area contributed by atoms with Gasteiger partial charge in [-0.1, -0.05) is 13.8 Å². The molecule has 0 saturated carbocycles. The Morgan fingerprint density at radius 3 is 2.70 bits per heavy atom. The van der Waals surface area contributed by atoms with Crippen LogP contribution in [-0.4, -0.2) is 29.6 Å². The minimum atomic E-state index is 0.287. The molecule has 20 heavy (non-hydrogen) atoms. The molecule has 1 aliphatic rings. The van der Waals surface area contributed by atoms with E-state index in [1.54, 1.807) is 0 Å². The van der Waals surface area contributed by atoms with E-state index in [4.69, 9.17) is 5.73 Å². The van der Waals surface area contributed by atoms with Crippen molar-refractivity contribution in [1.82, 2.24) is 4.90 Å². The van der Waals surface area contributed by atoms with Gasteiger partial charge in [-0.3, -0.25) is 4.79 Å². The molecule has 0 saturated heterocycles. The fraction of sp³-hybridized carbons (Fsp3) is 0.562. The predicted molar refractivity (Wildman–Crippen MR) is 86.1 cm³/mol. The van der Waals surface area contributed by atoms with Crippen molar-refractivity contribution >= 4 is 23.4 Å². The van der Waals surface area contributed by atoms with Crippen molar-refractivity contribution in [3.8, 4) is 0 Å². The Hall–Kier alpha value is -1.16. The summed E-state index contributed by atoms with van der Waals surface area (Å²) >= 11 is 1.84. The van der Waals surface area contributed by atoms with Crippen molar-refractivity contribution < 1.29 is 4.79 Å². The second kappa shape index (κ2) is 7.02. The number of carbonyl (C=O) groups is 1. The highest BCUT2D eigenvalue weighted by Crippen LogP contribution is 2.42. The molecule has 0 radical (unpaired) electrons. The first-order valence-corrected chi connectivity index (χ1v) is 8.44. The molecule has 2 N–H and O–H groups in total. The predicted octanol–water partition coefficient (Wildman–Crippen LogP) is 3.50. The smallest absolute Gasteiger partial charge is 0.223 e. The second-order valence-electron chi connectivity index (χ2n) is 5.39. The Morgan fingerprint density at radius 2 is 2.05 bits per heavy atom. The van der Waals surface area contributed by atoms with Crippen LogP contribution in [0, 0.1) is 0 Å². The molecule has 1 aliphatic heterocycles. The number of nitrogens with two attached hydrogens (primary N) is 1. The molecule has 1 unspecified atom stereocenters. The monoisotopic (exact) mass is 292 g/mol. The Bertz CT molecular complexity index is 470. The summed E-state index contributed by atoms with van der Waals surface area (Å²) in [5.74, 6) is 1.60. The van der Waals surface area contributed by atoms with Crippen LogP contribution in [0.15, 0.2) is 23.1 Å². The van der Waals surface area contributed by atoms with Gasteiger partial charge in [-0.15, -0.1) is 11.8 Å². The van der Waals surface area contributed by atoms with Crippen LogP contribution in [0.5, 0.6) is 0 Å². The van der Waals surface area contributed by atoms with Gasteiger partial charge in [0.05, 0.1) is 0 Å². The van der Waals surface area contributed by atoms with Gasteiger partial charge in [-0.2, -0.15) is 0 Å². The first-order valence-electron chi connectivity index (χ1n) is 7.45. The lowest BCUT2D eigenvalue weighted by atomic mass is 9.96. The molecule has 0 spiro atoms. The Balaban J connectivity index is 2.04. The third-order valence-corrected chi connectivity index (χ3v) is 4.93. The number of anilines is 1. The van der Waals surface area contributed by atoms with Crippen molar-refractivity contribution in [2.24, 2.45) is 0 Å². The quantitative estimate of drug-likeness (QED) is 0.816. The molecule has 0 aromatic heterocycles. The molecule has 110 valence electrons. The lowest BCUT2D eigenvalue weighted by molar-refractivity contribution is -0.131. The Morgan fingerprint density at radius 1 is 1.35 bits per heavy atom. The molecule has 3 nitrogen and oxygen atoms in total. The van der Waals surface area contributed by atoms with Crippen LogP contribution >= 0.6 is 11.8 Å². The van der Waals surface area contributed by atoms with Crippen molar-refractivity contribution in [3.05, 3.63) is 23.8 Å². The molecule has 0 fully saturated rings. The number of nitrogen functional groups attached to an aromatic ring is 1. The van der Waals surface area contributed by atoms with Gasteiger partial charge in [-0.05, 0) is 36.6 Å². The summed E-state index contributed by atoms with van der Waals surface area (Å²) in [6.45, 7) is 5.99. The number of rotatable bonds is 6. The van der Waals surface area contributed by atoms with E-state index in [9.17, 15) is 4.79 Å². The molecule has 1 aromatic rings. The highest BCUT2D eigenvalue weighted by Gasteiger charge is 2.27. The number of amides is 1. The normalized spacial score (nSPS) is 17.0. The minimum absolute atomic E-state index is 0.287. The summed E-state index contributed by atoms with van der Waals surface area (Å²) in [6.07, 6.45) is 2.66. The molecule has 1 heterocycles. The summed E-state index contributed by atoms with van der Waals surface area (Å²) in [6, 6.07) is 6.06. The zero-order valence-corrected chi connectivity index (χ0v) is 13.2. The van der Waals surface area contributed by atoms with Crippen LogP contribution in [0.25, 0.3) is 0 Å². The van der Waals surface area contributed by atoms with Crippen LogP contribution < -0.4 is 5.73 Å². The van der Waals surface area contributed by atoms with E-state index in [2.05, 4.69) is 19.9 Å². The van der Waals surface area contributed by atoms with E-state index in [1.165, 1.54) is 10.5 Å².